The molecule has 0 saturated carbocycles. The molecule has 0 radical (unpaired) electrons. The van der Waals surface area contributed by atoms with Gasteiger partial charge < -0.3 is 4.90 Å². The molecule has 0 fully saturated rings. The second-order valence-corrected chi connectivity index (χ2v) is 13.6. The Morgan fingerprint density at radius 1 is 0.312 bits per heavy atom. The molecule has 0 N–H and O–H groups in total. The van der Waals surface area contributed by atoms with Gasteiger partial charge in [-0.05, 0) is 103 Å². The van der Waals surface area contributed by atoms with Crippen LogP contribution in [0.4, 0.5) is 17.1 Å². The lowest BCUT2D eigenvalue weighted by Gasteiger charge is -2.26. The van der Waals surface area contributed by atoms with E-state index in [-0.39, 0.29) is 0 Å². The van der Waals surface area contributed by atoms with E-state index in [0.29, 0.717) is 0 Å². The van der Waals surface area contributed by atoms with Crippen molar-refractivity contribution in [3.63, 3.8) is 0 Å². The van der Waals surface area contributed by atoms with Crippen LogP contribution in [0.1, 0.15) is 0 Å². The zero-order chi connectivity index (χ0) is 31.6. The molecule has 0 bridgehead atoms. The summed E-state index contributed by atoms with van der Waals surface area (Å²) in [6.07, 6.45) is 0. The van der Waals surface area contributed by atoms with Crippen molar-refractivity contribution >= 4 is 91.7 Å². The molecule has 0 amide bonds. The van der Waals surface area contributed by atoms with E-state index in [4.69, 9.17) is 0 Å². The van der Waals surface area contributed by atoms with Crippen molar-refractivity contribution in [1.29, 1.82) is 0 Å². The largest absolute Gasteiger partial charge is 0.310 e. The lowest BCUT2D eigenvalue weighted by molar-refractivity contribution is 1.30. The third kappa shape index (κ3) is 4.31. The topological polar surface area (TPSA) is 3.24 Å². The van der Waals surface area contributed by atoms with Crippen LogP contribution in [-0.2, 0) is 0 Å². The number of benzene rings is 9. The van der Waals surface area contributed by atoms with Gasteiger partial charge in [-0.3, -0.25) is 0 Å². The Morgan fingerprint density at radius 2 is 0.833 bits per heavy atom. The summed E-state index contributed by atoms with van der Waals surface area (Å²) in [7, 11) is 0. The van der Waals surface area contributed by atoms with Crippen LogP contribution in [-0.4, -0.2) is 0 Å². The monoisotopic (exact) mass is 627 g/mol. The highest BCUT2D eigenvalue weighted by atomic mass is 32.1. The standard InChI is InChI=1S/C46H29NS/c1-3-12-34-27-36(23-21-30(34)9-1)47(37-24-22-31-10-2-4-13-35(31)28-37)38-25-26-43-42(29-38)46-41(17-8-18-44(46)48-43)40-16-7-14-33-20-19-32-11-5-6-15-39(32)45(33)40/h1-29H. The summed E-state index contributed by atoms with van der Waals surface area (Å²) in [6, 6.07) is 64.6. The van der Waals surface area contributed by atoms with Crippen LogP contribution in [0.5, 0.6) is 0 Å². The van der Waals surface area contributed by atoms with Gasteiger partial charge >= 0.3 is 0 Å². The zero-order valence-electron chi connectivity index (χ0n) is 26.1. The molecule has 1 heterocycles. The lowest BCUT2D eigenvalue weighted by Crippen LogP contribution is -2.09. The molecule has 10 rings (SSSR count). The van der Waals surface area contributed by atoms with E-state index >= 15 is 0 Å². The van der Waals surface area contributed by atoms with Crippen molar-refractivity contribution in [3.8, 4) is 11.1 Å². The van der Waals surface area contributed by atoms with E-state index in [1.165, 1.54) is 74.4 Å². The van der Waals surface area contributed by atoms with Gasteiger partial charge in [0.1, 0.15) is 0 Å². The molecule has 0 spiro atoms. The van der Waals surface area contributed by atoms with E-state index in [1.54, 1.807) is 0 Å². The number of nitrogens with zero attached hydrogens (tertiary/aromatic N) is 1. The smallest absolute Gasteiger partial charge is 0.0468 e. The highest BCUT2D eigenvalue weighted by molar-refractivity contribution is 7.26. The molecule has 1 aromatic heterocycles. The Balaban J connectivity index is 1.24. The van der Waals surface area contributed by atoms with Crippen molar-refractivity contribution in [3.05, 3.63) is 176 Å². The van der Waals surface area contributed by atoms with E-state index in [0.717, 1.165) is 17.1 Å². The van der Waals surface area contributed by atoms with Gasteiger partial charge in [0.2, 0.25) is 0 Å². The summed E-state index contributed by atoms with van der Waals surface area (Å²) in [6.45, 7) is 0. The van der Waals surface area contributed by atoms with Gasteiger partial charge in [-0.15, -0.1) is 11.3 Å². The lowest BCUT2D eigenvalue weighted by atomic mass is 9.91. The quantitative estimate of drug-likeness (QED) is 0.176. The Bertz CT molecular complexity index is 2780. The molecule has 9 aromatic carbocycles. The average molecular weight is 628 g/mol. The maximum atomic E-state index is 2.41. The minimum absolute atomic E-state index is 1.14. The second kappa shape index (κ2) is 10.8. The van der Waals surface area contributed by atoms with Crippen LogP contribution in [0.3, 0.4) is 0 Å². The first-order valence-electron chi connectivity index (χ1n) is 16.4. The van der Waals surface area contributed by atoms with Crippen molar-refractivity contribution in [2.45, 2.75) is 0 Å². The third-order valence-corrected chi connectivity index (χ3v) is 10.9. The molecular formula is C46H29NS. The molecule has 2 heteroatoms. The molecule has 10 aromatic rings. The molecule has 0 aliphatic rings. The number of fused-ring (bicyclic) bond motifs is 8. The summed E-state index contributed by atoms with van der Waals surface area (Å²) in [5.74, 6) is 0. The van der Waals surface area contributed by atoms with Gasteiger partial charge in [0, 0.05) is 37.2 Å². The molecule has 1 nitrogen and oxygen atoms in total. The van der Waals surface area contributed by atoms with E-state index in [9.17, 15) is 0 Å². The molecule has 48 heavy (non-hydrogen) atoms. The number of anilines is 3. The Labute approximate surface area is 282 Å². The van der Waals surface area contributed by atoms with Crippen molar-refractivity contribution in [2.75, 3.05) is 4.90 Å². The van der Waals surface area contributed by atoms with Crippen LogP contribution in [0.25, 0.3) is 74.4 Å². The number of thiophene rings is 1. The van der Waals surface area contributed by atoms with Crippen molar-refractivity contribution in [2.24, 2.45) is 0 Å². The molecule has 0 atom stereocenters. The maximum absolute atomic E-state index is 2.41. The summed E-state index contributed by atoms with van der Waals surface area (Å²) in [4.78, 5) is 2.41. The Morgan fingerprint density at radius 3 is 1.56 bits per heavy atom. The summed E-state index contributed by atoms with van der Waals surface area (Å²) in [5.41, 5.74) is 5.99. The van der Waals surface area contributed by atoms with Crippen LogP contribution >= 0.6 is 11.3 Å². The fourth-order valence-corrected chi connectivity index (χ4v) is 8.65. The van der Waals surface area contributed by atoms with Crippen molar-refractivity contribution in [1.82, 2.24) is 0 Å². The molecule has 0 saturated heterocycles. The van der Waals surface area contributed by atoms with Crippen LogP contribution in [0.2, 0.25) is 0 Å². The van der Waals surface area contributed by atoms with E-state index < -0.39 is 0 Å². The molecule has 0 unspecified atom stereocenters. The highest BCUT2D eigenvalue weighted by Crippen LogP contribution is 2.46. The highest BCUT2D eigenvalue weighted by Gasteiger charge is 2.18. The predicted molar refractivity (Wildman–Crippen MR) is 209 cm³/mol. The third-order valence-electron chi connectivity index (χ3n) is 9.78. The summed E-state index contributed by atoms with van der Waals surface area (Å²) >= 11 is 1.88. The first-order valence-corrected chi connectivity index (χ1v) is 17.2. The van der Waals surface area contributed by atoms with Gasteiger partial charge in [0.05, 0.1) is 0 Å². The maximum Gasteiger partial charge on any atom is 0.0468 e. The fraction of sp³-hybridized carbons (Fsp3) is 0. The van der Waals surface area contributed by atoms with Gasteiger partial charge in [-0.1, -0.05) is 127 Å². The van der Waals surface area contributed by atoms with Gasteiger partial charge in [0.25, 0.3) is 0 Å². The summed E-state index contributed by atoms with van der Waals surface area (Å²) in [5, 5.41) is 12.7. The molecule has 224 valence electrons. The first kappa shape index (κ1) is 27.2. The van der Waals surface area contributed by atoms with Crippen LogP contribution in [0, 0.1) is 0 Å². The van der Waals surface area contributed by atoms with Gasteiger partial charge in [-0.25, -0.2) is 0 Å². The van der Waals surface area contributed by atoms with Gasteiger partial charge in [-0.2, -0.15) is 0 Å². The minimum Gasteiger partial charge on any atom is -0.310 e. The first-order chi connectivity index (χ1) is 23.8. The van der Waals surface area contributed by atoms with Crippen LogP contribution < -0.4 is 4.90 Å². The Hall–Kier alpha value is -5.96. The average Bonchev–Trinajstić information content (AvgIpc) is 3.53. The van der Waals surface area contributed by atoms with Gasteiger partial charge in [0.15, 0.2) is 0 Å². The van der Waals surface area contributed by atoms with E-state index in [2.05, 4.69) is 181 Å². The summed E-state index contributed by atoms with van der Waals surface area (Å²) < 4.78 is 2.60. The Kier molecular flexibility index (Phi) is 6.12. The zero-order valence-corrected chi connectivity index (χ0v) is 26.9. The second-order valence-electron chi connectivity index (χ2n) is 12.5. The van der Waals surface area contributed by atoms with Crippen molar-refractivity contribution < 1.29 is 0 Å². The number of rotatable bonds is 4. The molecule has 0 aliphatic carbocycles. The van der Waals surface area contributed by atoms with E-state index in [1.807, 2.05) is 11.3 Å². The fourth-order valence-electron chi connectivity index (χ4n) is 7.54. The normalized spacial score (nSPS) is 11.8. The molecular weight excluding hydrogens is 599 g/mol. The number of hydrogen-bond acceptors (Lipinski definition) is 2. The van der Waals surface area contributed by atoms with Crippen LogP contribution in [0.15, 0.2) is 176 Å². The predicted octanol–water partition coefficient (Wildman–Crippen LogP) is 13.8. The SMILES string of the molecule is c1ccc2cc(N(c3ccc4ccccc4c3)c3ccc4sc5cccc(-c6cccc7ccc8ccccc8c67)c5c4c3)ccc2c1. The number of hydrogen-bond donors (Lipinski definition) is 0. The minimum atomic E-state index is 1.14. The molecule has 0 aliphatic heterocycles.